The van der Waals surface area contributed by atoms with Gasteiger partial charge in [-0.25, -0.2) is 4.79 Å². The van der Waals surface area contributed by atoms with E-state index < -0.39 is 39.9 Å². The minimum Gasteiger partial charge on any atom is -0.458 e. The Balaban J connectivity index is 2.15. The Morgan fingerprint density at radius 3 is 2.29 bits per heavy atom. The summed E-state index contributed by atoms with van der Waals surface area (Å²) in [5, 5.41) is 34.8. The Morgan fingerprint density at radius 2 is 1.81 bits per heavy atom. The van der Waals surface area contributed by atoms with Gasteiger partial charge in [0.2, 0.25) is 5.54 Å². The number of rotatable bonds is 5. The van der Waals surface area contributed by atoms with Gasteiger partial charge in [0.25, 0.3) is 5.69 Å². The average Bonchev–Trinajstić information content (AvgIpc) is 3.09. The van der Waals surface area contributed by atoms with E-state index in [2.05, 4.69) is 11.4 Å². The molecule has 0 saturated carbocycles. The fraction of sp³-hybridized carbons (Fsp3) is 0.391. The van der Waals surface area contributed by atoms with Crippen molar-refractivity contribution in [3.63, 3.8) is 0 Å². The predicted molar refractivity (Wildman–Crippen MR) is 113 cm³/mol. The highest BCUT2D eigenvalue weighted by Gasteiger charge is 2.60. The zero-order valence-corrected chi connectivity index (χ0v) is 17.6. The topological polar surface area (TPSA) is 125 Å². The summed E-state index contributed by atoms with van der Waals surface area (Å²) in [6.07, 6.45) is 0. The molecule has 1 fully saturated rings. The zero-order chi connectivity index (χ0) is 22.8. The number of non-ortho nitro benzene ring substituents is 1. The summed E-state index contributed by atoms with van der Waals surface area (Å²) in [5.74, 6) is -2.08. The third-order valence-electron chi connectivity index (χ3n) is 5.44. The van der Waals surface area contributed by atoms with Gasteiger partial charge in [-0.2, -0.15) is 5.26 Å². The minimum absolute atomic E-state index is 0.102. The van der Waals surface area contributed by atoms with E-state index >= 15 is 0 Å². The number of carbonyl (C=O) groups is 1. The van der Waals surface area contributed by atoms with E-state index in [0.29, 0.717) is 5.56 Å². The van der Waals surface area contributed by atoms with Crippen LogP contribution in [0.1, 0.15) is 43.9 Å². The summed E-state index contributed by atoms with van der Waals surface area (Å²) >= 11 is 0. The van der Waals surface area contributed by atoms with Gasteiger partial charge in [-0.05, 0) is 31.9 Å². The van der Waals surface area contributed by atoms with Crippen molar-refractivity contribution < 1.29 is 19.6 Å². The Kier molecular flexibility index (Phi) is 6.11. The number of aliphatic hydroxyl groups is 1. The van der Waals surface area contributed by atoms with E-state index in [1.54, 1.807) is 20.8 Å². The van der Waals surface area contributed by atoms with E-state index in [1.807, 2.05) is 30.3 Å². The van der Waals surface area contributed by atoms with Crippen molar-refractivity contribution in [1.82, 2.24) is 5.32 Å². The number of esters is 1. The number of nitriles is 1. The summed E-state index contributed by atoms with van der Waals surface area (Å²) in [7, 11) is 0. The highest BCUT2D eigenvalue weighted by Crippen LogP contribution is 2.49. The third kappa shape index (κ3) is 4.29. The van der Waals surface area contributed by atoms with Crippen molar-refractivity contribution in [1.29, 1.82) is 5.26 Å². The van der Waals surface area contributed by atoms with Crippen LogP contribution in [0.2, 0.25) is 0 Å². The van der Waals surface area contributed by atoms with Gasteiger partial charge in [-0.3, -0.25) is 15.4 Å². The van der Waals surface area contributed by atoms with Crippen LogP contribution < -0.4 is 5.32 Å². The van der Waals surface area contributed by atoms with Gasteiger partial charge >= 0.3 is 5.97 Å². The summed E-state index contributed by atoms with van der Waals surface area (Å²) < 4.78 is 5.59. The molecule has 2 aromatic rings. The van der Waals surface area contributed by atoms with Crippen LogP contribution in [-0.4, -0.2) is 33.7 Å². The second kappa shape index (κ2) is 8.46. The van der Waals surface area contributed by atoms with Crippen LogP contribution >= 0.6 is 0 Å². The predicted octanol–water partition coefficient (Wildman–Crippen LogP) is 3.24. The first-order valence-electron chi connectivity index (χ1n) is 9.95. The number of ether oxygens (including phenoxy) is 1. The molecule has 0 spiro atoms. The first-order valence-corrected chi connectivity index (χ1v) is 9.95. The zero-order valence-electron chi connectivity index (χ0n) is 17.6. The molecule has 1 aliphatic heterocycles. The lowest BCUT2D eigenvalue weighted by Crippen LogP contribution is -2.53. The third-order valence-corrected chi connectivity index (χ3v) is 5.44. The van der Waals surface area contributed by atoms with E-state index in [4.69, 9.17) is 4.74 Å². The number of nitrogens with zero attached hydrogens (tertiary/aromatic N) is 2. The monoisotopic (exact) mass is 423 g/mol. The number of hydrogen-bond donors (Lipinski definition) is 2. The van der Waals surface area contributed by atoms with Crippen LogP contribution in [0.3, 0.4) is 0 Å². The SMILES string of the molecule is CC(C)(C)OC(=O)[C@]1(C#N)N[C@H](c2ccccc2)[C@H](CO)[C@H]1c1ccc([N+](=O)[O-])cc1. The lowest BCUT2D eigenvalue weighted by Gasteiger charge is -2.32. The first kappa shape index (κ1) is 22.4. The molecule has 8 heteroatoms. The Labute approximate surface area is 180 Å². The maximum absolute atomic E-state index is 13.3. The molecule has 31 heavy (non-hydrogen) atoms. The molecule has 2 N–H and O–H groups in total. The summed E-state index contributed by atoms with van der Waals surface area (Å²) in [5.41, 5.74) is -1.37. The molecule has 4 atom stereocenters. The van der Waals surface area contributed by atoms with E-state index in [-0.39, 0.29) is 12.3 Å². The second-order valence-electron chi connectivity index (χ2n) is 8.63. The highest BCUT2D eigenvalue weighted by molar-refractivity contribution is 5.87. The molecule has 8 nitrogen and oxygen atoms in total. The fourth-order valence-corrected chi connectivity index (χ4v) is 4.15. The molecule has 1 aliphatic rings. The van der Waals surface area contributed by atoms with Gasteiger partial charge in [0.05, 0.1) is 11.0 Å². The lowest BCUT2D eigenvalue weighted by atomic mass is 9.74. The van der Waals surface area contributed by atoms with E-state index in [0.717, 1.165) is 5.56 Å². The van der Waals surface area contributed by atoms with Gasteiger partial charge in [-0.1, -0.05) is 42.5 Å². The maximum atomic E-state index is 13.3. The number of nitrogens with one attached hydrogen (secondary N) is 1. The molecule has 0 amide bonds. The van der Waals surface area contributed by atoms with Crippen molar-refractivity contribution in [2.24, 2.45) is 5.92 Å². The Bertz CT molecular complexity index is 995. The minimum atomic E-state index is -1.78. The largest absolute Gasteiger partial charge is 0.458 e. The quantitative estimate of drug-likeness (QED) is 0.429. The lowest BCUT2D eigenvalue weighted by molar-refractivity contribution is -0.384. The van der Waals surface area contributed by atoms with Crippen LogP contribution in [0.25, 0.3) is 0 Å². The molecule has 2 aromatic carbocycles. The van der Waals surface area contributed by atoms with Gasteiger partial charge in [0, 0.05) is 36.6 Å². The molecular weight excluding hydrogens is 398 g/mol. The number of nitro benzene ring substituents is 1. The molecular formula is C23H25N3O5. The molecule has 162 valence electrons. The molecule has 0 aromatic heterocycles. The molecule has 0 unspecified atom stereocenters. The van der Waals surface area contributed by atoms with Gasteiger partial charge in [0.15, 0.2) is 0 Å². The smallest absolute Gasteiger partial charge is 0.342 e. The van der Waals surface area contributed by atoms with Gasteiger partial charge in [-0.15, -0.1) is 0 Å². The van der Waals surface area contributed by atoms with Crippen molar-refractivity contribution >= 4 is 11.7 Å². The Hall–Kier alpha value is -3.28. The first-order chi connectivity index (χ1) is 14.6. The maximum Gasteiger partial charge on any atom is 0.342 e. The van der Waals surface area contributed by atoms with Crippen LogP contribution in [0, 0.1) is 27.4 Å². The van der Waals surface area contributed by atoms with Crippen LogP contribution in [0.4, 0.5) is 5.69 Å². The molecule has 0 aliphatic carbocycles. The van der Waals surface area contributed by atoms with Crippen molar-refractivity contribution in [2.45, 2.75) is 43.9 Å². The van der Waals surface area contributed by atoms with Crippen LogP contribution in [0.15, 0.2) is 54.6 Å². The Morgan fingerprint density at radius 1 is 1.19 bits per heavy atom. The highest BCUT2D eigenvalue weighted by atomic mass is 16.6. The molecule has 3 rings (SSSR count). The summed E-state index contributed by atoms with van der Waals surface area (Å²) in [6.45, 7) is 4.83. The number of hydrogen-bond acceptors (Lipinski definition) is 7. The van der Waals surface area contributed by atoms with Crippen molar-refractivity contribution in [3.05, 3.63) is 75.8 Å². The van der Waals surface area contributed by atoms with Crippen molar-refractivity contribution in [2.75, 3.05) is 6.61 Å². The average molecular weight is 423 g/mol. The van der Waals surface area contributed by atoms with Crippen LogP contribution in [0.5, 0.6) is 0 Å². The molecule has 0 bridgehead atoms. The van der Waals surface area contributed by atoms with Crippen molar-refractivity contribution in [3.8, 4) is 6.07 Å². The number of nitro groups is 1. The van der Waals surface area contributed by atoms with E-state index in [1.165, 1.54) is 24.3 Å². The van der Waals surface area contributed by atoms with Gasteiger partial charge in [0.1, 0.15) is 5.60 Å². The molecule has 0 radical (unpaired) electrons. The molecule has 1 heterocycles. The van der Waals surface area contributed by atoms with Crippen LogP contribution in [-0.2, 0) is 9.53 Å². The summed E-state index contributed by atoms with van der Waals surface area (Å²) in [4.78, 5) is 23.9. The molecule has 1 saturated heterocycles. The number of aliphatic hydroxyl groups excluding tert-OH is 1. The normalized spacial score (nSPS) is 25.6. The fourth-order valence-electron chi connectivity index (χ4n) is 4.15. The number of benzene rings is 2. The second-order valence-corrected chi connectivity index (χ2v) is 8.63. The van der Waals surface area contributed by atoms with Gasteiger partial charge < -0.3 is 9.84 Å². The van der Waals surface area contributed by atoms with E-state index in [9.17, 15) is 25.3 Å². The summed E-state index contributed by atoms with van der Waals surface area (Å²) in [6, 6.07) is 16.6. The standard InChI is InChI=1S/C23H25N3O5/c1-22(2,3)31-21(28)23(14-24)19(15-9-11-17(12-10-15)26(29)30)18(13-27)20(25-23)16-7-5-4-6-8-16/h4-12,18-20,25,27H,13H2,1-3H3/t18-,19-,20-,23-/m1/s1. The number of carbonyl (C=O) groups excluding carboxylic acids is 1.